The molecular formula is C12H16N4. The molecule has 0 aliphatic rings. The number of nitrogen functional groups attached to an aromatic ring is 1. The average Bonchev–Trinajstić information content (AvgIpc) is 2.29. The van der Waals surface area contributed by atoms with Crippen LogP contribution in [0, 0.1) is 0 Å². The van der Waals surface area contributed by atoms with Crippen LogP contribution in [0.4, 0.5) is 11.5 Å². The van der Waals surface area contributed by atoms with Crippen LogP contribution in [0.15, 0.2) is 24.3 Å². The number of aromatic nitrogens is 1. The molecule has 84 valence electrons. The lowest BCUT2D eigenvalue weighted by Gasteiger charge is -2.08. The van der Waals surface area contributed by atoms with Gasteiger partial charge in [-0.25, -0.2) is 4.98 Å². The zero-order chi connectivity index (χ0) is 11.5. The molecule has 4 heteroatoms. The fourth-order valence-corrected chi connectivity index (χ4v) is 1.81. The summed E-state index contributed by atoms with van der Waals surface area (Å²) in [7, 11) is 3.82. The summed E-state index contributed by atoms with van der Waals surface area (Å²) in [6.07, 6.45) is 0. The van der Waals surface area contributed by atoms with E-state index in [2.05, 4.69) is 27.8 Å². The topological polar surface area (TPSA) is 63.0 Å². The van der Waals surface area contributed by atoms with E-state index in [4.69, 9.17) is 5.73 Å². The van der Waals surface area contributed by atoms with Crippen molar-refractivity contribution in [1.82, 2.24) is 10.3 Å². The van der Waals surface area contributed by atoms with E-state index in [0.29, 0.717) is 5.82 Å². The first-order valence-electron chi connectivity index (χ1n) is 5.26. The van der Waals surface area contributed by atoms with E-state index in [9.17, 15) is 0 Å². The number of nitrogens with two attached hydrogens (primary N) is 1. The minimum absolute atomic E-state index is 0.540. The smallest absolute Gasteiger partial charge is 0.126 e. The van der Waals surface area contributed by atoms with Crippen LogP contribution in [-0.2, 0) is 6.54 Å². The number of benzene rings is 1. The lowest BCUT2D eigenvalue weighted by atomic mass is 10.1. The van der Waals surface area contributed by atoms with Crippen molar-refractivity contribution in [3.05, 3.63) is 29.8 Å². The summed E-state index contributed by atoms with van der Waals surface area (Å²) in [5.41, 5.74) is 8.90. The first kappa shape index (κ1) is 10.7. The molecule has 0 saturated heterocycles. The highest BCUT2D eigenvalue weighted by Gasteiger charge is 2.03. The Kier molecular flexibility index (Phi) is 2.92. The molecule has 0 unspecified atom stereocenters. The molecule has 0 bridgehead atoms. The molecule has 0 saturated carbocycles. The SMILES string of the molecule is CNCc1ccc2nc(N)cc(NC)c2c1. The molecule has 0 aliphatic heterocycles. The van der Waals surface area contributed by atoms with Gasteiger partial charge in [0.1, 0.15) is 5.82 Å². The first-order chi connectivity index (χ1) is 7.74. The second kappa shape index (κ2) is 4.37. The van der Waals surface area contributed by atoms with Crippen molar-refractivity contribution in [2.75, 3.05) is 25.1 Å². The summed E-state index contributed by atoms with van der Waals surface area (Å²) in [6, 6.07) is 8.04. The molecule has 0 amide bonds. The van der Waals surface area contributed by atoms with E-state index in [0.717, 1.165) is 23.1 Å². The number of rotatable bonds is 3. The highest BCUT2D eigenvalue weighted by molar-refractivity contribution is 5.93. The minimum Gasteiger partial charge on any atom is -0.387 e. The molecule has 2 rings (SSSR count). The van der Waals surface area contributed by atoms with Gasteiger partial charge >= 0.3 is 0 Å². The summed E-state index contributed by atoms with van der Waals surface area (Å²) in [4.78, 5) is 4.30. The number of nitrogens with one attached hydrogen (secondary N) is 2. The van der Waals surface area contributed by atoms with Gasteiger partial charge in [0.15, 0.2) is 0 Å². The zero-order valence-electron chi connectivity index (χ0n) is 9.54. The molecule has 4 N–H and O–H groups in total. The van der Waals surface area contributed by atoms with Crippen LogP contribution in [0.3, 0.4) is 0 Å². The third kappa shape index (κ3) is 1.92. The third-order valence-corrected chi connectivity index (χ3v) is 2.54. The molecule has 0 spiro atoms. The Morgan fingerprint density at radius 3 is 2.75 bits per heavy atom. The van der Waals surface area contributed by atoms with Crippen LogP contribution in [0.5, 0.6) is 0 Å². The molecule has 16 heavy (non-hydrogen) atoms. The van der Waals surface area contributed by atoms with Gasteiger partial charge in [-0.05, 0) is 24.7 Å². The van der Waals surface area contributed by atoms with Gasteiger partial charge in [-0.2, -0.15) is 0 Å². The maximum atomic E-state index is 5.73. The van der Waals surface area contributed by atoms with E-state index in [1.54, 1.807) is 0 Å². The van der Waals surface area contributed by atoms with Gasteiger partial charge in [-0.3, -0.25) is 0 Å². The summed E-state index contributed by atoms with van der Waals surface area (Å²) in [6.45, 7) is 0.851. The van der Waals surface area contributed by atoms with Crippen LogP contribution < -0.4 is 16.4 Å². The number of fused-ring (bicyclic) bond motifs is 1. The molecular weight excluding hydrogens is 200 g/mol. The number of hydrogen-bond donors (Lipinski definition) is 3. The molecule has 0 radical (unpaired) electrons. The van der Waals surface area contributed by atoms with Gasteiger partial charge in [-0.15, -0.1) is 0 Å². The van der Waals surface area contributed by atoms with Crippen LogP contribution in [0.1, 0.15) is 5.56 Å². The van der Waals surface area contributed by atoms with Gasteiger partial charge in [0.05, 0.1) is 5.52 Å². The average molecular weight is 216 g/mol. The van der Waals surface area contributed by atoms with Crippen LogP contribution in [0.25, 0.3) is 10.9 Å². The number of anilines is 2. The van der Waals surface area contributed by atoms with Gasteiger partial charge in [0, 0.05) is 30.7 Å². The minimum atomic E-state index is 0.540. The summed E-state index contributed by atoms with van der Waals surface area (Å²) in [5, 5.41) is 7.37. The first-order valence-corrected chi connectivity index (χ1v) is 5.26. The van der Waals surface area contributed by atoms with Gasteiger partial charge in [0.2, 0.25) is 0 Å². The summed E-state index contributed by atoms with van der Waals surface area (Å²) >= 11 is 0. The van der Waals surface area contributed by atoms with Crippen molar-refractivity contribution in [3.8, 4) is 0 Å². The van der Waals surface area contributed by atoms with E-state index in [1.807, 2.05) is 26.2 Å². The molecule has 1 aromatic heterocycles. The van der Waals surface area contributed by atoms with Crippen molar-refractivity contribution in [2.45, 2.75) is 6.54 Å². The van der Waals surface area contributed by atoms with Crippen molar-refractivity contribution in [1.29, 1.82) is 0 Å². The predicted octanol–water partition coefficient (Wildman–Crippen LogP) is 1.58. The van der Waals surface area contributed by atoms with E-state index >= 15 is 0 Å². The highest BCUT2D eigenvalue weighted by Crippen LogP contribution is 2.24. The maximum absolute atomic E-state index is 5.73. The number of hydrogen-bond acceptors (Lipinski definition) is 4. The Morgan fingerprint density at radius 2 is 2.06 bits per heavy atom. The second-order valence-electron chi connectivity index (χ2n) is 3.73. The monoisotopic (exact) mass is 216 g/mol. The van der Waals surface area contributed by atoms with Crippen LogP contribution >= 0.6 is 0 Å². The highest BCUT2D eigenvalue weighted by atomic mass is 14.9. The largest absolute Gasteiger partial charge is 0.387 e. The van der Waals surface area contributed by atoms with Crippen molar-refractivity contribution >= 4 is 22.4 Å². The molecule has 0 fully saturated rings. The summed E-state index contributed by atoms with van der Waals surface area (Å²) in [5.74, 6) is 0.540. The normalized spacial score (nSPS) is 10.6. The number of nitrogens with zero attached hydrogens (tertiary/aromatic N) is 1. The Hall–Kier alpha value is -1.81. The lowest BCUT2D eigenvalue weighted by molar-refractivity contribution is 0.819. The van der Waals surface area contributed by atoms with E-state index in [1.165, 1.54) is 5.56 Å². The molecule has 4 nitrogen and oxygen atoms in total. The predicted molar refractivity (Wildman–Crippen MR) is 68.5 cm³/mol. The third-order valence-electron chi connectivity index (χ3n) is 2.54. The zero-order valence-corrected chi connectivity index (χ0v) is 9.54. The Balaban J connectivity index is 2.61. The van der Waals surface area contributed by atoms with Gasteiger partial charge < -0.3 is 16.4 Å². The Bertz CT molecular complexity index is 508. The summed E-state index contributed by atoms with van der Waals surface area (Å²) < 4.78 is 0. The van der Waals surface area contributed by atoms with Gasteiger partial charge in [0.25, 0.3) is 0 Å². The Labute approximate surface area is 94.9 Å². The second-order valence-corrected chi connectivity index (χ2v) is 3.73. The van der Waals surface area contributed by atoms with E-state index in [-0.39, 0.29) is 0 Å². The fraction of sp³-hybridized carbons (Fsp3) is 0.250. The van der Waals surface area contributed by atoms with Crippen molar-refractivity contribution in [3.63, 3.8) is 0 Å². The number of pyridine rings is 1. The maximum Gasteiger partial charge on any atom is 0.126 e. The van der Waals surface area contributed by atoms with Crippen molar-refractivity contribution in [2.24, 2.45) is 0 Å². The molecule has 0 aliphatic carbocycles. The molecule has 1 aromatic carbocycles. The molecule has 2 aromatic rings. The quantitative estimate of drug-likeness (QED) is 0.729. The Morgan fingerprint density at radius 1 is 1.25 bits per heavy atom. The van der Waals surface area contributed by atoms with Gasteiger partial charge in [-0.1, -0.05) is 6.07 Å². The standard InChI is InChI=1S/C12H16N4/c1-14-7-8-3-4-10-9(5-8)11(15-2)6-12(13)16-10/h3-6,14H,7H2,1-2H3,(H3,13,15,16). The molecule has 1 heterocycles. The lowest BCUT2D eigenvalue weighted by Crippen LogP contribution is -2.05. The van der Waals surface area contributed by atoms with Crippen LogP contribution in [0.2, 0.25) is 0 Å². The van der Waals surface area contributed by atoms with Crippen LogP contribution in [-0.4, -0.2) is 19.1 Å². The molecule has 0 atom stereocenters. The van der Waals surface area contributed by atoms with E-state index < -0.39 is 0 Å². The van der Waals surface area contributed by atoms with Crippen molar-refractivity contribution < 1.29 is 0 Å². The fourth-order valence-electron chi connectivity index (χ4n) is 1.81.